The number of phosphoric acid groups is 4. The Labute approximate surface area is 451 Å². The summed E-state index contributed by atoms with van der Waals surface area (Å²) in [4.78, 5) is 110. The number of amides is 1. The van der Waals surface area contributed by atoms with E-state index in [2.05, 4.69) is 53.8 Å². The van der Waals surface area contributed by atoms with Gasteiger partial charge in [-0.25, -0.2) is 42.8 Å². The van der Waals surface area contributed by atoms with Crippen LogP contribution in [-0.4, -0.2) is 176 Å². The van der Waals surface area contributed by atoms with Gasteiger partial charge in [0, 0.05) is 25.5 Å². The molecular formula is C37H53N16O24P4+. The Morgan fingerprint density at radius 3 is 2.00 bits per heavy atom. The first-order valence-corrected chi connectivity index (χ1v) is 29.5. The minimum atomic E-state index is -6.24. The molecule has 6 unspecified atom stereocenters. The highest BCUT2D eigenvalue weighted by atomic mass is 31.3. The molecule has 1 amide bonds. The van der Waals surface area contributed by atoms with E-state index in [-0.39, 0.29) is 57.2 Å². The number of nitrogens with one attached hydrogen (secondary N) is 3. The smallest absolute Gasteiger partial charge is 0.387 e. The number of nitrogens with zero attached hydrogens (tertiary/aromatic N) is 10. The van der Waals surface area contributed by atoms with Crippen molar-refractivity contribution in [2.45, 2.75) is 93.8 Å². The van der Waals surface area contributed by atoms with Crippen LogP contribution >= 0.6 is 31.3 Å². The molecule has 444 valence electrons. The van der Waals surface area contributed by atoms with Crippen LogP contribution in [0, 0.1) is 5.92 Å². The molecule has 3 saturated heterocycles. The number of hydrogen-bond donors (Lipinski definition) is 13. The van der Waals surface area contributed by atoms with Gasteiger partial charge in [0.2, 0.25) is 23.6 Å². The summed E-state index contributed by atoms with van der Waals surface area (Å²) in [5.74, 6) is -2.58. The van der Waals surface area contributed by atoms with Gasteiger partial charge in [0.15, 0.2) is 41.4 Å². The van der Waals surface area contributed by atoms with Gasteiger partial charge in [-0.2, -0.15) is 13.6 Å². The number of ether oxygens (including phenoxy) is 4. The van der Waals surface area contributed by atoms with E-state index in [1.54, 1.807) is 13.8 Å². The number of carbonyl (C=O) groups excluding carboxylic acids is 1. The maximum atomic E-state index is 13.8. The average molecular weight is 1230 g/mol. The lowest BCUT2D eigenvalue weighted by molar-refractivity contribution is -0.745. The van der Waals surface area contributed by atoms with Crippen molar-refractivity contribution in [2.24, 2.45) is 13.0 Å². The molecule has 0 bridgehead atoms. The molecule has 0 spiro atoms. The Bertz CT molecular complexity index is 3670. The zero-order chi connectivity index (χ0) is 58.8. The zero-order valence-electron chi connectivity index (χ0n) is 42.2. The first-order valence-electron chi connectivity index (χ1n) is 23.6. The van der Waals surface area contributed by atoms with Crippen LogP contribution in [-0.2, 0) is 75.8 Å². The van der Waals surface area contributed by atoms with E-state index in [4.69, 9.17) is 54.2 Å². The average Bonchev–Trinajstić information content (AvgIpc) is 3.45. The second-order valence-corrected chi connectivity index (χ2v) is 24.6. The molecule has 0 aliphatic carbocycles. The maximum Gasteiger partial charge on any atom is 0.490 e. The monoisotopic (exact) mass is 1230 g/mol. The van der Waals surface area contributed by atoms with E-state index >= 15 is 0 Å². The fourth-order valence-corrected chi connectivity index (χ4v) is 13.7. The molecule has 3 aliphatic rings. The Morgan fingerprint density at radius 1 is 0.741 bits per heavy atom. The first-order chi connectivity index (χ1) is 38.0. The lowest BCUT2D eigenvalue weighted by Gasteiger charge is -2.26. The van der Waals surface area contributed by atoms with Crippen molar-refractivity contribution in [2.75, 3.05) is 44.1 Å². The van der Waals surface area contributed by atoms with Crippen molar-refractivity contribution in [1.29, 1.82) is 0 Å². The second kappa shape index (κ2) is 22.8. The number of nitrogens with two attached hydrogens (primary N) is 3. The molecule has 16 N–H and O–H groups in total. The molecule has 0 aromatic carbocycles. The number of aryl methyl sites for hydroxylation is 1. The highest BCUT2D eigenvalue weighted by Crippen LogP contribution is 2.68. The Morgan fingerprint density at radius 2 is 1.33 bits per heavy atom. The van der Waals surface area contributed by atoms with Gasteiger partial charge in [-0.05, 0) is 13.8 Å². The van der Waals surface area contributed by atoms with E-state index in [9.17, 15) is 67.5 Å². The number of aromatic amines is 2. The number of rotatable bonds is 22. The van der Waals surface area contributed by atoms with Crippen LogP contribution in [0.4, 0.5) is 17.7 Å². The number of carbonyl (C=O) groups is 1. The largest absolute Gasteiger partial charge is 0.490 e. The van der Waals surface area contributed by atoms with E-state index in [0.29, 0.717) is 0 Å². The van der Waals surface area contributed by atoms with Crippen LogP contribution in [0.25, 0.3) is 33.5 Å². The van der Waals surface area contributed by atoms with Crippen LogP contribution in [0.5, 0.6) is 0 Å². The third kappa shape index (κ3) is 12.7. The third-order valence-electron chi connectivity index (χ3n) is 12.6. The third-order valence-corrected chi connectivity index (χ3v) is 17.8. The molecule has 3 aliphatic heterocycles. The standard InChI is InChI=1S/C37H52N16O24P4/c1-13(2)45-18(54)5-14-15(72-33(22(14)55)53-12-50(3)21-30(53)47-37(40)49-32(21)59)6-70-79(62,63)76-81(66,67)77-80(64,65)71-8-17-25(26(68-4)35(74-17)51-10-43-19-27(38)41-9-42-28(19)51)75-78(60,61)69-7-16-23(56)24(57)34(73-16)52-11-44-20-29(52)46-36(39)48-31(20)58/h9-17,22-26,33-35,55-57H,5-8H2,1-4H3,(H12-,38,39,40,41,42,45,46,47,48,49,54,58,59,60,61,62,63,64,65,66,67)/p+1/t14?,15-,16-,17-,22-,23-,24-,25-,26-,33?,34-,35-/m1/s1. The number of methoxy groups -OCH3 is 1. The molecule has 9 rings (SSSR count). The number of H-pyrrole nitrogens is 2. The molecule has 44 heteroatoms. The van der Waals surface area contributed by atoms with E-state index < -0.39 is 148 Å². The molecule has 6 aromatic rings. The second-order valence-electron chi connectivity index (χ2n) is 18.6. The molecule has 81 heavy (non-hydrogen) atoms. The number of nitrogen functional groups attached to an aromatic ring is 3. The number of hydrogen-bond acceptors (Lipinski definition) is 29. The minimum absolute atomic E-state index is 0.00387. The Kier molecular flexibility index (Phi) is 16.9. The summed E-state index contributed by atoms with van der Waals surface area (Å²) in [6, 6.07) is -0.373. The van der Waals surface area contributed by atoms with E-state index in [1.165, 1.54) is 27.1 Å². The lowest BCUT2D eigenvalue weighted by atomic mass is 9.94. The summed E-state index contributed by atoms with van der Waals surface area (Å²) in [6.45, 7) is -0.0288. The number of fused-ring (bicyclic) bond motifs is 3. The van der Waals surface area contributed by atoms with Gasteiger partial charge in [0.1, 0.15) is 54.6 Å². The van der Waals surface area contributed by atoms with Gasteiger partial charge < -0.3 is 76.4 Å². The topological polar surface area (TPSA) is 571 Å². The van der Waals surface area contributed by atoms with E-state index in [0.717, 1.165) is 30.7 Å². The van der Waals surface area contributed by atoms with Crippen molar-refractivity contribution in [1.82, 2.24) is 58.9 Å². The number of imidazole rings is 3. The van der Waals surface area contributed by atoms with Crippen LogP contribution in [0.3, 0.4) is 0 Å². The van der Waals surface area contributed by atoms with Gasteiger partial charge in [-0.3, -0.25) is 56.1 Å². The summed E-state index contributed by atoms with van der Waals surface area (Å²) in [5, 5.41) is 35.9. The summed E-state index contributed by atoms with van der Waals surface area (Å²) < 4.78 is 111. The predicted molar refractivity (Wildman–Crippen MR) is 264 cm³/mol. The number of aliphatic hydroxyl groups is 3. The van der Waals surface area contributed by atoms with Crippen LogP contribution in [0.1, 0.15) is 39.0 Å². The first kappa shape index (κ1) is 60.0. The van der Waals surface area contributed by atoms with E-state index in [1.807, 2.05) is 0 Å². The predicted octanol–water partition coefficient (Wildman–Crippen LogP) is -3.54. The number of aromatic nitrogens is 12. The van der Waals surface area contributed by atoms with Crippen molar-refractivity contribution < 1.29 is 108 Å². The minimum Gasteiger partial charge on any atom is -0.387 e. The van der Waals surface area contributed by atoms with Gasteiger partial charge >= 0.3 is 36.9 Å². The fourth-order valence-electron chi connectivity index (χ4n) is 9.22. The number of anilines is 3. The molecule has 6 aromatic heterocycles. The van der Waals surface area contributed by atoms with Crippen molar-refractivity contribution in [3.8, 4) is 0 Å². The summed E-state index contributed by atoms with van der Waals surface area (Å²) in [7, 11) is -21.0. The van der Waals surface area contributed by atoms with Gasteiger partial charge in [0.05, 0.1) is 45.6 Å². The Hall–Kier alpha value is -5.64. The summed E-state index contributed by atoms with van der Waals surface area (Å²) in [5.41, 5.74) is 15.6. The highest BCUT2D eigenvalue weighted by Gasteiger charge is 2.54. The number of phosphoric ester groups is 3. The normalized spacial score (nSPS) is 29.1. The fraction of sp³-hybridized carbons (Fsp3) is 0.568. The SMILES string of the molecule is CO[C@@H]1[C@H](OP(=O)(O)OC[C@H]2O[C@@H](n3cnc4c(=O)[nH]c(N)nc43)[C@H](O)[C@@H]2O)[C@@H](COP(=O)(O)OP(=O)(O)OP(=O)(O)OC[C@H]2OC([n+]3cn(C)c4c(=O)[nH]c(N)nc43)[C@H](O)C2CC(=O)NC(C)C)O[C@H]1n1cnc2c(N)ncnc21. The van der Waals surface area contributed by atoms with Crippen LogP contribution in [0.15, 0.2) is 34.9 Å². The molecule has 9 heterocycles. The molecule has 0 saturated carbocycles. The van der Waals surface area contributed by atoms with Gasteiger partial charge in [-0.15, -0.1) is 0 Å². The van der Waals surface area contributed by atoms with Crippen LogP contribution < -0.4 is 38.2 Å². The summed E-state index contributed by atoms with van der Waals surface area (Å²) in [6.07, 6.45) is -14.0. The van der Waals surface area contributed by atoms with Gasteiger partial charge in [-0.1, -0.05) is 4.98 Å². The highest BCUT2D eigenvalue weighted by molar-refractivity contribution is 7.66. The van der Waals surface area contributed by atoms with Crippen molar-refractivity contribution in [3.63, 3.8) is 0 Å². The zero-order valence-corrected chi connectivity index (χ0v) is 45.8. The Balaban J connectivity index is 0.879. The van der Waals surface area contributed by atoms with Crippen LogP contribution in [0.2, 0.25) is 0 Å². The summed E-state index contributed by atoms with van der Waals surface area (Å²) >= 11 is 0. The van der Waals surface area contributed by atoms with Crippen molar-refractivity contribution >= 4 is 88.4 Å². The molecule has 40 nitrogen and oxygen atoms in total. The van der Waals surface area contributed by atoms with Crippen molar-refractivity contribution in [3.05, 3.63) is 46.0 Å². The van der Waals surface area contributed by atoms with Gasteiger partial charge in [0.25, 0.3) is 17.1 Å². The molecule has 3 fully saturated rings. The quantitative estimate of drug-likeness (QED) is 0.0231. The maximum absolute atomic E-state index is 13.8. The molecular weight excluding hydrogens is 1180 g/mol. The number of aliphatic hydroxyl groups excluding tert-OH is 3. The lowest BCUT2D eigenvalue weighted by Crippen LogP contribution is -2.45. The molecule has 0 radical (unpaired) electrons. The molecule has 16 atom stereocenters.